The molecule has 2 aromatic carbocycles. The lowest BCUT2D eigenvalue weighted by Gasteiger charge is -2.24. The predicted octanol–water partition coefficient (Wildman–Crippen LogP) is 2.73. The topological polar surface area (TPSA) is 80.0 Å². The minimum absolute atomic E-state index is 0.0473. The van der Waals surface area contributed by atoms with Crippen LogP contribution >= 0.6 is 0 Å². The number of benzene rings is 2. The highest BCUT2D eigenvalue weighted by molar-refractivity contribution is 5.99. The molecule has 1 amide bonds. The second kappa shape index (κ2) is 6.89. The summed E-state index contributed by atoms with van der Waals surface area (Å²) in [5, 5.41) is 9.87. The Bertz CT molecular complexity index is 1050. The zero-order chi connectivity index (χ0) is 19.0. The van der Waals surface area contributed by atoms with E-state index in [2.05, 4.69) is 0 Å². The molecule has 0 bridgehead atoms. The van der Waals surface area contributed by atoms with E-state index in [4.69, 9.17) is 9.15 Å². The molecule has 1 atom stereocenters. The molecular weight excluding hydrogens is 346 g/mol. The van der Waals surface area contributed by atoms with Gasteiger partial charge in [0.15, 0.2) is 5.43 Å². The van der Waals surface area contributed by atoms with Crippen molar-refractivity contribution >= 4 is 16.9 Å². The molecule has 2 heterocycles. The summed E-state index contributed by atoms with van der Waals surface area (Å²) >= 11 is 0. The smallest absolute Gasteiger partial charge is 0.290 e. The molecule has 0 spiro atoms. The molecule has 4 rings (SSSR count). The first kappa shape index (κ1) is 17.3. The fraction of sp³-hybridized carbons (Fsp3) is 0.238. The Balaban J connectivity index is 1.91. The first-order chi connectivity index (χ1) is 13.2. The molecule has 0 aliphatic carbocycles. The molecule has 0 saturated carbocycles. The SMILES string of the molecule is CCOc1ccc(C2c3c(oc4ccccc4c3=O)C(=O)N2CCO)cc1. The number of nitrogens with zero attached hydrogens (tertiary/aromatic N) is 1. The fourth-order valence-electron chi connectivity index (χ4n) is 3.57. The van der Waals surface area contributed by atoms with Crippen molar-refractivity contribution in [3.8, 4) is 5.75 Å². The number of hydrogen-bond acceptors (Lipinski definition) is 5. The molecular formula is C21H19NO5. The summed E-state index contributed by atoms with van der Waals surface area (Å²) in [6.45, 7) is 2.35. The van der Waals surface area contributed by atoms with Gasteiger partial charge in [0, 0.05) is 6.54 Å². The van der Waals surface area contributed by atoms with Crippen molar-refractivity contribution in [3.63, 3.8) is 0 Å². The van der Waals surface area contributed by atoms with Gasteiger partial charge in [0.05, 0.1) is 30.2 Å². The van der Waals surface area contributed by atoms with Crippen molar-refractivity contribution < 1.29 is 19.1 Å². The zero-order valence-electron chi connectivity index (χ0n) is 14.8. The number of ether oxygens (including phenoxy) is 1. The second-order valence-electron chi connectivity index (χ2n) is 6.30. The lowest BCUT2D eigenvalue weighted by Crippen LogP contribution is -2.32. The third-order valence-electron chi connectivity index (χ3n) is 4.72. The minimum atomic E-state index is -0.601. The molecule has 27 heavy (non-hydrogen) atoms. The molecule has 6 heteroatoms. The van der Waals surface area contributed by atoms with Gasteiger partial charge < -0.3 is 19.2 Å². The first-order valence-electron chi connectivity index (χ1n) is 8.86. The number of aliphatic hydroxyl groups is 1. The predicted molar refractivity (Wildman–Crippen MR) is 100 cm³/mol. The van der Waals surface area contributed by atoms with Crippen molar-refractivity contribution in [2.75, 3.05) is 19.8 Å². The number of rotatable bonds is 5. The van der Waals surface area contributed by atoms with Crippen LogP contribution in [0.1, 0.15) is 34.6 Å². The molecule has 0 saturated heterocycles. The van der Waals surface area contributed by atoms with E-state index in [-0.39, 0.29) is 30.2 Å². The Kier molecular flexibility index (Phi) is 4.41. The van der Waals surface area contributed by atoms with Crippen LogP contribution in [0.25, 0.3) is 11.0 Å². The van der Waals surface area contributed by atoms with Gasteiger partial charge in [-0.15, -0.1) is 0 Å². The lowest BCUT2D eigenvalue weighted by molar-refractivity contribution is 0.0691. The van der Waals surface area contributed by atoms with Crippen molar-refractivity contribution in [1.82, 2.24) is 4.90 Å². The van der Waals surface area contributed by atoms with Crippen LogP contribution < -0.4 is 10.2 Å². The molecule has 138 valence electrons. The molecule has 1 aromatic heterocycles. The quantitative estimate of drug-likeness (QED) is 0.752. The van der Waals surface area contributed by atoms with Crippen LogP contribution in [0.4, 0.5) is 0 Å². The van der Waals surface area contributed by atoms with Gasteiger partial charge in [-0.05, 0) is 36.8 Å². The van der Waals surface area contributed by atoms with Gasteiger partial charge in [-0.25, -0.2) is 0 Å². The fourth-order valence-corrected chi connectivity index (χ4v) is 3.57. The molecule has 0 fully saturated rings. The molecule has 3 aromatic rings. The lowest BCUT2D eigenvalue weighted by atomic mass is 9.98. The average molecular weight is 365 g/mol. The Morgan fingerprint density at radius 3 is 2.56 bits per heavy atom. The maximum atomic E-state index is 13.1. The first-order valence-corrected chi connectivity index (χ1v) is 8.86. The molecule has 0 radical (unpaired) electrons. The number of amides is 1. The van der Waals surface area contributed by atoms with Crippen molar-refractivity contribution in [1.29, 1.82) is 0 Å². The van der Waals surface area contributed by atoms with Crippen LogP contribution in [0, 0.1) is 0 Å². The normalized spacial score (nSPS) is 16.0. The van der Waals surface area contributed by atoms with Crippen LogP contribution in [0.2, 0.25) is 0 Å². The van der Waals surface area contributed by atoms with E-state index in [0.717, 1.165) is 5.56 Å². The largest absolute Gasteiger partial charge is 0.494 e. The van der Waals surface area contributed by atoms with E-state index in [0.29, 0.717) is 28.9 Å². The molecule has 1 aliphatic rings. The second-order valence-corrected chi connectivity index (χ2v) is 6.30. The van der Waals surface area contributed by atoms with Gasteiger partial charge in [0.25, 0.3) is 5.91 Å². The third kappa shape index (κ3) is 2.78. The molecule has 1 unspecified atom stereocenters. The van der Waals surface area contributed by atoms with Gasteiger partial charge >= 0.3 is 0 Å². The highest BCUT2D eigenvalue weighted by Gasteiger charge is 2.42. The molecule has 6 nitrogen and oxygen atoms in total. The number of aliphatic hydroxyl groups excluding tert-OH is 1. The number of fused-ring (bicyclic) bond motifs is 2. The van der Waals surface area contributed by atoms with E-state index in [1.54, 1.807) is 36.4 Å². The van der Waals surface area contributed by atoms with Crippen LogP contribution in [-0.4, -0.2) is 35.7 Å². The Labute approximate surface area is 155 Å². The average Bonchev–Trinajstić information content (AvgIpc) is 2.96. The number of para-hydroxylation sites is 1. The van der Waals surface area contributed by atoms with Gasteiger partial charge in [-0.2, -0.15) is 0 Å². The van der Waals surface area contributed by atoms with Crippen LogP contribution in [-0.2, 0) is 0 Å². The summed E-state index contributed by atoms with van der Waals surface area (Å²) in [5.74, 6) is 0.372. The van der Waals surface area contributed by atoms with E-state index < -0.39 is 6.04 Å². The van der Waals surface area contributed by atoms with Gasteiger partial charge in [0.1, 0.15) is 11.3 Å². The monoisotopic (exact) mass is 365 g/mol. The number of hydrogen-bond donors (Lipinski definition) is 1. The van der Waals surface area contributed by atoms with Crippen LogP contribution in [0.15, 0.2) is 57.7 Å². The number of carbonyl (C=O) groups excluding carboxylic acids is 1. The molecule has 1 N–H and O–H groups in total. The van der Waals surface area contributed by atoms with Crippen molar-refractivity contribution in [2.24, 2.45) is 0 Å². The highest BCUT2D eigenvalue weighted by atomic mass is 16.5. The van der Waals surface area contributed by atoms with Crippen LogP contribution in [0.5, 0.6) is 5.75 Å². The van der Waals surface area contributed by atoms with E-state index in [9.17, 15) is 14.7 Å². The summed E-state index contributed by atoms with van der Waals surface area (Å²) in [5.41, 5.74) is 1.24. The zero-order valence-corrected chi connectivity index (χ0v) is 14.8. The Morgan fingerprint density at radius 1 is 1.11 bits per heavy atom. The Morgan fingerprint density at radius 2 is 1.85 bits per heavy atom. The minimum Gasteiger partial charge on any atom is -0.494 e. The number of β-amino-alcohol motifs (C(OH)–C–C–N with tert-alkyl or cyclic N) is 1. The molecule has 1 aliphatic heterocycles. The van der Waals surface area contributed by atoms with Crippen LogP contribution in [0.3, 0.4) is 0 Å². The van der Waals surface area contributed by atoms with E-state index in [1.165, 1.54) is 4.90 Å². The Hall–Kier alpha value is -3.12. The maximum Gasteiger partial charge on any atom is 0.290 e. The highest BCUT2D eigenvalue weighted by Crippen LogP contribution is 2.38. The third-order valence-corrected chi connectivity index (χ3v) is 4.72. The standard InChI is InChI=1S/C21H19NO5/c1-2-26-14-9-7-13(8-10-14)18-17-19(24)15-5-3-4-6-16(15)27-20(17)21(25)22(18)11-12-23/h3-10,18,23H,2,11-12H2,1H3. The summed E-state index contributed by atoms with van der Waals surface area (Å²) in [4.78, 5) is 27.5. The summed E-state index contributed by atoms with van der Waals surface area (Å²) in [6, 6.07) is 13.6. The van der Waals surface area contributed by atoms with E-state index in [1.807, 2.05) is 19.1 Å². The number of carbonyl (C=O) groups is 1. The maximum absolute atomic E-state index is 13.1. The van der Waals surface area contributed by atoms with E-state index >= 15 is 0 Å². The van der Waals surface area contributed by atoms with Crippen molar-refractivity contribution in [2.45, 2.75) is 13.0 Å². The van der Waals surface area contributed by atoms with Crippen molar-refractivity contribution in [3.05, 3.63) is 75.6 Å². The summed E-state index contributed by atoms with van der Waals surface area (Å²) in [7, 11) is 0. The van der Waals surface area contributed by atoms with Gasteiger partial charge in [-0.1, -0.05) is 24.3 Å². The van der Waals surface area contributed by atoms with Gasteiger partial charge in [-0.3, -0.25) is 9.59 Å². The summed E-state index contributed by atoms with van der Waals surface area (Å²) in [6.07, 6.45) is 0. The summed E-state index contributed by atoms with van der Waals surface area (Å²) < 4.78 is 11.3. The van der Waals surface area contributed by atoms with Gasteiger partial charge in [0.2, 0.25) is 5.76 Å².